The molecule has 0 aliphatic heterocycles. The number of hydrogen-bond acceptors (Lipinski definition) is 5. The molecule has 1 N–H and O–H groups in total. The van der Waals surface area contributed by atoms with E-state index in [1.807, 2.05) is 0 Å². The fourth-order valence-electron chi connectivity index (χ4n) is 2.74. The van der Waals surface area contributed by atoms with Crippen LogP contribution in [0.3, 0.4) is 0 Å². The quantitative estimate of drug-likeness (QED) is 0.401. The van der Waals surface area contributed by atoms with Gasteiger partial charge in [-0.25, -0.2) is 0 Å². The Hall–Kier alpha value is -2.62. The topological polar surface area (TPSA) is 108 Å². The number of halogens is 3. The second kappa shape index (κ2) is 9.03. The number of rotatable bonds is 7. The van der Waals surface area contributed by atoms with Gasteiger partial charge in [0.15, 0.2) is 5.82 Å². The zero-order chi connectivity index (χ0) is 22.0. The molecule has 0 bridgehead atoms. The van der Waals surface area contributed by atoms with Crippen molar-refractivity contribution in [1.82, 2.24) is 19.6 Å². The van der Waals surface area contributed by atoms with Crippen molar-refractivity contribution in [3.63, 3.8) is 0 Å². The van der Waals surface area contributed by atoms with Crippen LogP contribution in [0, 0.1) is 23.0 Å². The maximum absolute atomic E-state index is 12.6. The van der Waals surface area contributed by atoms with Crippen LogP contribution in [0.4, 0.5) is 11.6 Å². The maximum Gasteiger partial charge on any atom is 0.390 e. The molecule has 3 aromatic rings. The lowest BCUT2D eigenvalue weighted by Crippen LogP contribution is -2.25. The van der Waals surface area contributed by atoms with E-state index in [0.717, 1.165) is 5.56 Å². The summed E-state index contributed by atoms with van der Waals surface area (Å²) in [5.74, 6) is -0.927. The lowest BCUT2D eigenvalue weighted by atomic mass is 10.1. The van der Waals surface area contributed by atoms with Crippen molar-refractivity contribution in [1.29, 1.82) is 0 Å². The summed E-state index contributed by atoms with van der Waals surface area (Å²) in [5.41, 5.74) is 1.38. The molecule has 9 nitrogen and oxygen atoms in total. The lowest BCUT2D eigenvalue weighted by molar-refractivity contribution is -0.389. The number of aromatic nitrogens is 4. The van der Waals surface area contributed by atoms with Gasteiger partial charge in [-0.05, 0) is 29.5 Å². The van der Waals surface area contributed by atoms with E-state index in [0.29, 0.717) is 22.3 Å². The first-order chi connectivity index (χ1) is 14.1. The molecule has 1 atom stereocenters. The number of nitro groups is 1. The molecule has 1 aromatic carbocycles. The van der Waals surface area contributed by atoms with Gasteiger partial charge in [-0.15, -0.1) is 0 Å². The van der Waals surface area contributed by atoms with Crippen molar-refractivity contribution in [2.24, 2.45) is 5.92 Å². The van der Waals surface area contributed by atoms with Crippen LogP contribution in [0.5, 0.6) is 0 Å². The van der Waals surface area contributed by atoms with Gasteiger partial charge in [0.25, 0.3) is 0 Å². The minimum Gasteiger partial charge on any atom is -0.358 e. The second-order valence-electron chi connectivity index (χ2n) is 6.73. The first-order valence-electron chi connectivity index (χ1n) is 8.80. The van der Waals surface area contributed by atoms with Gasteiger partial charge in [-0.3, -0.25) is 9.48 Å². The molecule has 12 heteroatoms. The van der Waals surface area contributed by atoms with Crippen molar-refractivity contribution >= 4 is 52.3 Å². The maximum atomic E-state index is 12.6. The van der Waals surface area contributed by atoms with Crippen molar-refractivity contribution in [2.45, 2.75) is 26.9 Å². The Morgan fingerprint density at radius 2 is 1.97 bits per heavy atom. The molecule has 1 amide bonds. The lowest BCUT2D eigenvalue weighted by Gasteiger charge is -2.10. The first kappa shape index (κ1) is 22.1. The van der Waals surface area contributed by atoms with Gasteiger partial charge < -0.3 is 15.4 Å². The average molecular weight is 472 g/mol. The molecule has 0 saturated carbocycles. The number of aryl methyl sites for hydroxylation is 1. The van der Waals surface area contributed by atoms with Gasteiger partial charge in [0.1, 0.15) is 5.02 Å². The van der Waals surface area contributed by atoms with Crippen LogP contribution < -0.4 is 5.32 Å². The molecule has 3 rings (SSSR count). The number of anilines is 1. The molecule has 0 saturated heterocycles. The van der Waals surface area contributed by atoms with E-state index >= 15 is 0 Å². The van der Waals surface area contributed by atoms with Crippen LogP contribution in [0.15, 0.2) is 30.5 Å². The minimum absolute atomic E-state index is 0.171. The minimum atomic E-state index is -0.576. The van der Waals surface area contributed by atoms with Crippen LogP contribution in [0.25, 0.3) is 0 Å². The highest BCUT2D eigenvalue weighted by molar-refractivity contribution is 6.35. The van der Waals surface area contributed by atoms with Gasteiger partial charge in [-0.1, -0.05) is 47.8 Å². The third-order valence-corrected chi connectivity index (χ3v) is 5.22. The van der Waals surface area contributed by atoms with E-state index in [1.54, 1.807) is 42.9 Å². The number of carbonyl (C=O) groups is 1. The summed E-state index contributed by atoms with van der Waals surface area (Å²) in [6.07, 6.45) is 1.58. The Morgan fingerprint density at radius 3 is 2.60 bits per heavy atom. The van der Waals surface area contributed by atoms with E-state index in [-0.39, 0.29) is 29.1 Å². The van der Waals surface area contributed by atoms with Gasteiger partial charge in [0, 0.05) is 16.2 Å². The third-order valence-electron chi connectivity index (χ3n) is 4.36. The van der Waals surface area contributed by atoms with Gasteiger partial charge in [0.05, 0.1) is 35.9 Å². The normalized spacial score (nSPS) is 12.0. The Kier molecular flexibility index (Phi) is 6.64. The monoisotopic (exact) mass is 470 g/mol. The number of hydrogen-bond donors (Lipinski definition) is 1. The number of nitrogens with zero attached hydrogens (tertiary/aromatic N) is 5. The van der Waals surface area contributed by atoms with Crippen molar-refractivity contribution < 1.29 is 9.72 Å². The van der Waals surface area contributed by atoms with E-state index in [2.05, 4.69) is 15.5 Å². The zero-order valence-electron chi connectivity index (χ0n) is 16.0. The summed E-state index contributed by atoms with van der Waals surface area (Å²) < 4.78 is 2.98. The highest BCUT2D eigenvalue weighted by Gasteiger charge is 2.22. The number of nitrogens with one attached hydrogen (secondary N) is 1. The number of carbonyl (C=O) groups excluding carboxylic acids is 1. The fraction of sp³-hybridized carbons (Fsp3) is 0.278. The molecule has 0 aliphatic rings. The van der Waals surface area contributed by atoms with Crippen molar-refractivity contribution in [3.05, 3.63) is 66.9 Å². The smallest absolute Gasteiger partial charge is 0.358 e. The van der Waals surface area contributed by atoms with Gasteiger partial charge in [0.2, 0.25) is 5.91 Å². The summed E-state index contributed by atoms with van der Waals surface area (Å²) in [4.78, 5) is 22.8. The summed E-state index contributed by atoms with van der Waals surface area (Å²) in [6, 6.07) is 6.49. The standard InChI is InChI=1S/C18H17Cl3N6O3/c1-10(7-26-11(2)5-16(23-26)27(29)30)18(28)22-17-15(21)9-25(24-17)8-12-3-4-13(19)6-14(12)20/h3-6,9-10H,7-8H2,1-2H3,(H,22,24,28). The van der Waals surface area contributed by atoms with E-state index in [1.165, 1.54) is 10.7 Å². The Morgan fingerprint density at radius 1 is 1.23 bits per heavy atom. The predicted molar refractivity (Wildman–Crippen MR) is 114 cm³/mol. The molecule has 1 unspecified atom stereocenters. The molecule has 30 heavy (non-hydrogen) atoms. The Balaban J connectivity index is 1.67. The van der Waals surface area contributed by atoms with Crippen molar-refractivity contribution in [2.75, 3.05) is 5.32 Å². The summed E-state index contributed by atoms with van der Waals surface area (Å²) in [7, 11) is 0. The van der Waals surface area contributed by atoms with Crippen LogP contribution in [0.1, 0.15) is 18.2 Å². The molecule has 0 fully saturated rings. The number of benzene rings is 1. The zero-order valence-corrected chi connectivity index (χ0v) is 18.2. The highest BCUT2D eigenvalue weighted by Crippen LogP contribution is 2.25. The van der Waals surface area contributed by atoms with Gasteiger partial charge in [-0.2, -0.15) is 9.78 Å². The fourth-order valence-corrected chi connectivity index (χ4v) is 3.40. The molecular weight excluding hydrogens is 455 g/mol. The predicted octanol–water partition coefficient (Wildman–Crippen LogP) is 4.58. The van der Waals surface area contributed by atoms with E-state index in [9.17, 15) is 14.9 Å². The average Bonchev–Trinajstić information content (AvgIpc) is 3.20. The molecular formula is C18H17Cl3N6O3. The third kappa shape index (κ3) is 5.10. The molecule has 0 radical (unpaired) electrons. The molecule has 2 heterocycles. The second-order valence-corrected chi connectivity index (χ2v) is 7.98. The van der Waals surface area contributed by atoms with E-state index < -0.39 is 10.8 Å². The Bertz CT molecular complexity index is 1110. The van der Waals surface area contributed by atoms with Gasteiger partial charge >= 0.3 is 5.82 Å². The summed E-state index contributed by atoms with van der Waals surface area (Å²) in [6.45, 7) is 3.88. The summed E-state index contributed by atoms with van der Waals surface area (Å²) in [5, 5.41) is 23.0. The van der Waals surface area contributed by atoms with Crippen LogP contribution in [-0.2, 0) is 17.9 Å². The Labute approximate surface area is 186 Å². The first-order valence-corrected chi connectivity index (χ1v) is 9.94. The number of amides is 1. The molecule has 0 spiro atoms. The highest BCUT2D eigenvalue weighted by atomic mass is 35.5. The summed E-state index contributed by atoms with van der Waals surface area (Å²) >= 11 is 18.3. The molecule has 158 valence electrons. The largest absolute Gasteiger partial charge is 0.390 e. The molecule has 2 aromatic heterocycles. The van der Waals surface area contributed by atoms with Crippen LogP contribution in [-0.4, -0.2) is 30.4 Å². The van der Waals surface area contributed by atoms with Crippen molar-refractivity contribution in [3.8, 4) is 0 Å². The molecule has 0 aliphatic carbocycles. The van der Waals surface area contributed by atoms with Crippen LogP contribution in [0.2, 0.25) is 15.1 Å². The van der Waals surface area contributed by atoms with E-state index in [4.69, 9.17) is 34.8 Å². The van der Waals surface area contributed by atoms with Crippen LogP contribution >= 0.6 is 34.8 Å². The SMILES string of the molecule is Cc1cc([N+](=O)[O-])nn1CC(C)C(=O)Nc1nn(Cc2ccc(Cl)cc2Cl)cc1Cl.